The highest BCUT2D eigenvalue weighted by molar-refractivity contribution is 9.11. The monoisotopic (exact) mass is 389 g/mol. The highest BCUT2D eigenvalue weighted by Crippen LogP contribution is 2.34. The Balaban J connectivity index is 2.36. The van der Waals surface area contributed by atoms with E-state index in [-0.39, 0.29) is 0 Å². The molecule has 0 fully saturated rings. The molecule has 2 aromatic carbocycles. The number of rotatable bonds is 3. The topological polar surface area (TPSA) is 35.2 Å². The molecule has 94 valence electrons. The van der Waals surface area contributed by atoms with Crippen molar-refractivity contribution in [2.24, 2.45) is 5.73 Å². The van der Waals surface area contributed by atoms with Crippen molar-refractivity contribution in [1.82, 2.24) is 0 Å². The van der Waals surface area contributed by atoms with Crippen LogP contribution in [0.5, 0.6) is 11.5 Å². The first-order valence-electron chi connectivity index (χ1n) is 5.21. The van der Waals surface area contributed by atoms with Gasteiger partial charge in [-0.1, -0.05) is 33.6 Å². The lowest BCUT2D eigenvalue weighted by Gasteiger charge is -2.12. The maximum atomic E-state index is 5.97. The summed E-state index contributed by atoms with van der Waals surface area (Å²) in [6.07, 6.45) is 0. The Kier molecular flexibility index (Phi) is 4.67. The van der Waals surface area contributed by atoms with Crippen LogP contribution in [0.15, 0.2) is 45.3 Å². The Morgan fingerprint density at radius 2 is 1.83 bits per heavy atom. The van der Waals surface area contributed by atoms with E-state index >= 15 is 0 Å². The summed E-state index contributed by atoms with van der Waals surface area (Å²) in [6.45, 7) is 0.403. The van der Waals surface area contributed by atoms with E-state index in [2.05, 4.69) is 31.9 Å². The van der Waals surface area contributed by atoms with Crippen LogP contribution in [-0.4, -0.2) is 0 Å². The van der Waals surface area contributed by atoms with Gasteiger partial charge in [0.15, 0.2) is 0 Å². The Morgan fingerprint density at radius 1 is 1.06 bits per heavy atom. The zero-order valence-corrected chi connectivity index (χ0v) is 13.2. The standard InChI is InChI=1S/C13H10Br2ClNO/c14-9-2-4-12(11(15)5-9)18-13-6-10(16)3-1-8(13)7-17/h1-6H,7,17H2. The molecule has 0 aliphatic heterocycles. The molecule has 0 saturated heterocycles. The predicted octanol–water partition coefficient (Wildman–Crippen LogP) is 5.12. The lowest BCUT2D eigenvalue weighted by Crippen LogP contribution is -1.99. The van der Waals surface area contributed by atoms with Crippen LogP contribution in [-0.2, 0) is 6.54 Å². The highest BCUT2D eigenvalue weighted by Gasteiger charge is 2.08. The van der Waals surface area contributed by atoms with Crippen LogP contribution in [0.3, 0.4) is 0 Å². The molecule has 0 aliphatic carbocycles. The number of ether oxygens (including phenoxy) is 1. The summed E-state index contributed by atoms with van der Waals surface area (Å²) < 4.78 is 7.67. The summed E-state index contributed by atoms with van der Waals surface area (Å²) >= 11 is 12.8. The van der Waals surface area contributed by atoms with Gasteiger partial charge in [0.2, 0.25) is 0 Å². The molecule has 0 bridgehead atoms. The van der Waals surface area contributed by atoms with E-state index < -0.39 is 0 Å². The second kappa shape index (κ2) is 6.06. The molecule has 2 aromatic rings. The average Bonchev–Trinajstić information content (AvgIpc) is 2.33. The largest absolute Gasteiger partial charge is 0.456 e. The fourth-order valence-electron chi connectivity index (χ4n) is 1.47. The van der Waals surface area contributed by atoms with Crippen LogP contribution >= 0.6 is 43.5 Å². The maximum absolute atomic E-state index is 5.97. The molecule has 0 aliphatic rings. The third-order valence-corrected chi connectivity index (χ3v) is 3.71. The second-order valence-electron chi connectivity index (χ2n) is 3.63. The molecule has 0 aromatic heterocycles. The maximum Gasteiger partial charge on any atom is 0.141 e. The lowest BCUT2D eigenvalue weighted by atomic mass is 10.2. The molecule has 0 heterocycles. The SMILES string of the molecule is NCc1ccc(Cl)cc1Oc1ccc(Br)cc1Br. The van der Waals surface area contributed by atoms with Crippen molar-refractivity contribution in [2.75, 3.05) is 0 Å². The van der Waals surface area contributed by atoms with Crippen molar-refractivity contribution in [3.63, 3.8) is 0 Å². The van der Waals surface area contributed by atoms with E-state index in [0.717, 1.165) is 20.3 Å². The first-order valence-corrected chi connectivity index (χ1v) is 7.18. The predicted molar refractivity (Wildman–Crippen MR) is 81.3 cm³/mol. The van der Waals surface area contributed by atoms with E-state index in [0.29, 0.717) is 17.3 Å². The van der Waals surface area contributed by atoms with Crippen LogP contribution in [0.25, 0.3) is 0 Å². The minimum absolute atomic E-state index is 0.403. The smallest absolute Gasteiger partial charge is 0.141 e. The van der Waals surface area contributed by atoms with E-state index in [4.69, 9.17) is 22.1 Å². The molecule has 0 atom stereocenters. The molecule has 0 spiro atoms. The minimum Gasteiger partial charge on any atom is -0.456 e. The molecule has 2 nitrogen and oxygen atoms in total. The summed E-state index contributed by atoms with van der Waals surface area (Å²) in [5.41, 5.74) is 6.59. The summed E-state index contributed by atoms with van der Waals surface area (Å²) in [4.78, 5) is 0. The first kappa shape index (κ1) is 13.9. The average molecular weight is 391 g/mol. The Labute approximate surface area is 127 Å². The molecule has 0 radical (unpaired) electrons. The third kappa shape index (κ3) is 3.26. The van der Waals surface area contributed by atoms with E-state index in [1.165, 1.54) is 0 Å². The normalized spacial score (nSPS) is 10.4. The van der Waals surface area contributed by atoms with Crippen LogP contribution < -0.4 is 10.5 Å². The molecule has 0 amide bonds. The number of halogens is 3. The molecule has 0 saturated carbocycles. The van der Waals surface area contributed by atoms with Crippen molar-refractivity contribution in [1.29, 1.82) is 0 Å². The van der Waals surface area contributed by atoms with Crippen molar-refractivity contribution < 1.29 is 4.74 Å². The molecule has 2 rings (SSSR count). The summed E-state index contributed by atoms with van der Waals surface area (Å²) in [5.74, 6) is 1.39. The minimum atomic E-state index is 0.403. The fraction of sp³-hybridized carbons (Fsp3) is 0.0769. The summed E-state index contributed by atoms with van der Waals surface area (Å²) in [7, 11) is 0. The van der Waals surface area contributed by atoms with Crippen molar-refractivity contribution in [3.05, 3.63) is 55.9 Å². The first-order chi connectivity index (χ1) is 8.60. The van der Waals surface area contributed by atoms with Gasteiger partial charge < -0.3 is 10.5 Å². The summed E-state index contributed by atoms with van der Waals surface area (Å²) in [6, 6.07) is 11.1. The van der Waals surface area contributed by atoms with Gasteiger partial charge in [-0.3, -0.25) is 0 Å². The Bertz CT molecular complexity index is 575. The molecule has 18 heavy (non-hydrogen) atoms. The molecular weight excluding hydrogens is 381 g/mol. The lowest BCUT2D eigenvalue weighted by molar-refractivity contribution is 0.473. The number of hydrogen-bond acceptors (Lipinski definition) is 2. The van der Waals surface area contributed by atoms with Crippen LogP contribution in [0.2, 0.25) is 5.02 Å². The second-order valence-corrected chi connectivity index (χ2v) is 5.84. The van der Waals surface area contributed by atoms with E-state index in [1.807, 2.05) is 24.3 Å². The van der Waals surface area contributed by atoms with Crippen LogP contribution in [0, 0.1) is 0 Å². The van der Waals surface area contributed by atoms with Crippen LogP contribution in [0.4, 0.5) is 0 Å². The Hall–Kier alpha value is -0.550. The van der Waals surface area contributed by atoms with Gasteiger partial charge in [0.05, 0.1) is 4.47 Å². The summed E-state index contributed by atoms with van der Waals surface area (Å²) in [5, 5.41) is 0.621. The highest BCUT2D eigenvalue weighted by atomic mass is 79.9. The quantitative estimate of drug-likeness (QED) is 0.789. The zero-order valence-electron chi connectivity index (χ0n) is 9.29. The van der Waals surface area contributed by atoms with E-state index in [9.17, 15) is 0 Å². The van der Waals surface area contributed by atoms with Crippen molar-refractivity contribution in [3.8, 4) is 11.5 Å². The number of nitrogens with two attached hydrogens (primary N) is 1. The van der Waals surface area contributed by atoms with Crippen molar-refractivity contribution >= 4 is 43.5 Å². The van der Waals surface area contributed by atoms with Gasteiger partial charge in [0.25, 0.3) is 0 Å². The number of benzene rings is 2. The van der Waals surface area contributed by atoms with Gasteiger partial charge in [-0.15, -0.1) is 0 Å². The van der Waals surface area contributed by atoms with Gasteiger partial charge in [-0.25, -0.2) is 0 Å². The van der Waals surface area contributed by atoms with Gasteiger partial charge >= 0.3 is 0 Å². The third-order valence-electron chi connectivity index (χ3n) is 2.36. The van der Waals surface area contributed by atoms with Crippen molar-refractivity contribution in [2.45, 2.75) is 6.54 Å². The molecule has 5 heteroatoms. The Morgan fingerprint density at radius 3 is 2.50 bits per heavy atom. The zero-order chi connectivity index (χ0) is 13.1. The fourth-order valence-corrected chi connectivity index (χ4v) is 2.76. The van der Waals surface area contributed by atoms with E-state index in [1.54, 1.807) is 12.1 Å². The van der Waals surface area contributed by atoms with Crippen LogP contribution in [0.1, 0.15) is 5.56 Å². The number of hydrogen-bond donors (Lipinski definition) is 1. The van der Waals surface area contributed by atoms with Gasteiger partial charge in [0.1, 0.15) is 11.5 Å². The molecular formula is C13H10Br2ClNO. The van der Waals surface area contributed by atoms with Gasteiger partial charge in [0, 0.05) is 21.6 Å². The molecule has 2 N–H and O–H groups in total. The van der Waals surface area contributed by atoms with Gasteiger partial charge in [-0.05, 0) is 46.3 Å². The molecule has 0 unspecified atom stereocenters. The van der Waals surface area contributed by atoms with Gasteiger partial charge in [-0.2, -0.15) is 0 Å².